The van der Waals surface area contributed by atoms with Crippen LogP contribution in [0.2, 0.25) is 0 Å². The molecule has 0 saturated heterocycles. The van der Waals surface area contributed by atoms with Crippen molar-refractivity contribution in [3.63, 3.8) is 0 Å². The van der Waals surface area contributed by atoms with E-state index in [1.807, 2.05) is 0 Å². The van der Waals surface area contributed by atoms with Crippen molar-refractivity contribution in [2.75, 3.05) is 0 Å². The SMILES string of the molecule is Oc1ccccc1SCc1cccc(C(F)(F)F)c1. The zero-order valence-electron chi connectivity index (χ0n) is 9.82. The number of hydrogen-bond donors (Lipinski definition) is 1. The van der Waals surface area contributed by atoms with Crippen LogP contribution in [-0.4, -0.2) is 5.11 Å². The Hall–Kier alpha value is -1.62. The highest BCUT2D eigenvalue weighted by Crippen LogP contribution is 2.33. The number of aromatic hydroxyl groups is 1. The van der Waals surface area contributed by atoms with E-state index in [-0.39, 0.29) is 5.75 Å². The molecule has 2 aromatic carbocycles. The fourth-order valence-electron chi connectivity index (χ4n) is 1.58. The molecule has 2 aromatic rings. The van der Waals surface area contributed by atoms with E-state index < -0.39 is 11.7 Å². The molecule has 0 radical (unpaired) electrons. The second-order valence-corrected chi connectivity index (χ2v) is 4.97. The third kappa shape index (κ3) is 3.67. The van der Waals surface area contributed by atoms with Crippen LogP contribution >= 0.6 is 11.8 Å². The molecular formula is C14H11F3OS. The molecule has 1 nitrogen and oxygen atoms in total. The second kappa shape index (κ2) is 5.57. The van der Waals surface area contributed by atoms with E-state index in [2.05, 4.69) is 0 Å². The smallest absolute Gasteiger partial charge is 0.416 e. The molecule has 0 aliphatic carbocycles. The molecule has 2 rings (SSSR count). The number of phenolic OH excluding ortho intramolecular Hbond substituents is 1. The van der Waals surface area contributed by atoms with E-state index in [9.17, 15) is 18.3 Å². The van der Waals surface area contributed by atoms with Gasteiger partial charge in [-0.15, -0.1) is 11.8 Å². The molecule has 0 spiro atoms. The summed E-state index contributed by atoms with van der Waals surface area (Å²) in [6.45, 7) is 0. The van der Waals surface area contributed by atoms with Crippen molar-refractivity contribution in [1.82, 2.24) is 0 Å². The Balaban J connectivity index is 2.10. The summed E-state index contributed by atoms with van der Waals surface area (Å²) < 4.78 is 37.6. The Morgan fingerprint density at radius 2 is 1.74 bits per heavy atom. The zero-order valence-corrected chi connectivity index (χ0v) is 10.6. The molecule has 100 valence electrons. The minimum Gasteiger partial charge on any atom is -0.507 e. The highest BCUT2D eigenvalue weighted by atomic mass is 32.2. The third-order valence-electron chi connectivity index (χ3n) is 2.51. The number of para-hydroxylation sites is 1. The van der Waals surface area contributed by atoms with Crippen LogP contribution in [0.25, 0.3) is 0 Å². The summed E-state index contributed by atoms with van der Waals surface area (Å²) >= 11 is 1.30. The van der Waals surface area contributed by atoms with Crippen molar-refractivity contribution in [2.45, 2.75) is 16.8 Å². The molecule has 0 saturated carbocycles. The monoisotopic (exact) mass is 284 g/mol. The van der Waals surface area contributed by atoms with E-state index in [0.717, 1.165) is 12.1 Å². The van der Waals surface area contributed by atoms with Crippen LogP contribution in [0.1, 0.15) is 11.1 Å². The molecule has 5 heteroatoms. The van der Waals surface area contributed by atoms with E-state index >= 15 is 0 Å². The third-order valence-corrected chi connectivity index (χ3v) is 3.65. The van der Waals surface area contributed by atoms with Crippen molar-refractivity contribution < 1.29 is 18.3 Å². The number of hydrogen-bond acceptors (Lipinski definition) is 2. The lowest BCUT2D eigenvalue weighted by molar-refractivity contribution is -0.137. The maximum atomic E-state index is 12.5. The van der Waals surface area contributed by atoms with Crippen LogP contribution in [0.4, 0.5) is 13.2 Å². The summed E-state index contributed by atoms with van der Waals surface area (Å²) in [6.07, 6.45) is -4.32. The van der Waals surface area contributed by atoms with Crippen LogP contribution in [0.5, 0.6) is 5.75 Å². The first-order valence-electron chi connectivity index (χ1n) is 5.54. The number of benzene rings is 2. The van der Waals surface area contributed by atoms with E-state index in [1.54, 1.807) is 30.3 Å². The molecule has 0 unspecified atom stereocenters. The van der Waals surface area contributed by atoms with Crippen molar-refractivity contribution in [2.24, 2.45) is 0 Å². The largest absolute Gasteiger partial charge is 0.507 e. The molecule has 19 heavy (non-hydrogen) atoms. The van der Waals surface area contributed by atoms with Gasteiger partial charge >= 0.3 is 6.18 Å². The van der Waals surface area contributed by atoms with Crippen molar-refractivity contribution in [3.8, 4) is 5.75 Å². The summed E-state index contributed by atoms with van der Waals surface area (Å²) in [4.78, 5) is 0.653. The quantitative estimate of drug-likeness (QED) is 0.824. The summed E-state index contributed by atoms with van der Waals surface area (Å²) in [5.41, 5.74) is -0.0778. The molecule has 1 N–H and O–H groups in total. The average Bonchev–Trinajstić information content (AvgIpc) is 2.37. The maximum absolute atomic E-state index is 12.5. The number of halogens is 3. The average molecular weight is 284 g/mol. The Bertz CT molecular complexity index is 567. The number of thioether (sulfide) groups is 1. The summed E-state index contributed by atoms with van der Waals surface area (Å²) in [5.74, 6) is 0.515. The van der Waals surface area contributed by atoms with Crippen LogP contribution in [0, 0.1) is 0 Å². The van der Waals surface area contributed by atoms with Gasteiger partial charge in [-0.25, -0.2) is 0 Å². The first-order valence-corrected chi connectivity index (χ1v) is 6.52. The summed E-state index contributed by atoms with van der Waals surface area (Å²) in [5, 5.41) is 9.57. The highest BCUT2D eigenvalue weighted by molar-refractivity contribution is 7.98. The molecule has 0 bridgehead atoms. The highest BCUT2D eigenvalue weighted by Gasteiger charge is 2.30. The van der Waals surface area contributed by atoms with Gasteiger partial charge in [0.25, 0.3) is 0 Å². The van der Waals surface area contributed by atoms with Gasteiger partial charge in [0.05, 0.1) is 5.56 Å². The number of alkyl halides is 3. The standard InChI is InChI=1S/C14H11F3OS/c15-14(16,17)11-5-3-4-10(8-11)9-19-13-7-2-1-6-12(13)18/h1-8,18H,9H2. The Morgan fingerprint density at radius 3 is 2.42 bits per heavy atom. The molecule has 0 fully saturated rings. The Kier molecular flexibility index (Phi) is 4.04. The fourth-order valence-corrected chi connectivity index (χ4v) is 2.47. The summed E-state index contributed by atoms with van der Waals surface area (Å²) in [7, 11) is 0. The van der Waals surface area contributed by atoms with Gasteiger partial charge in [0, 0.05) is 10.6 Å². The molecule has 0 aliphatic heterocycles. The number of phenols is 1. The van der Waals surface area contributed by atoms with Gasteiger partial charge in [-0.2, -0.15) is 13.2 Å². The molecular weight excluding hydrogens is 273 g/mol. The fraction of sp³-hybridized carbons (Fsp3) is 0.143. The predicted octanol–water partition coefficient (Wildman–Crippen LogP) is 4.70. The van der Waals surface area contributed by atoms with Crippen LogP contribution < -0.4 is 0 Å². The Labute approximate surface area is 113 Å². The zero-order chi connectivity index (χ0) is 13.9. The van der Waals surface area contributed by atoms with Gasteiger partial charge in [-0.1, -0.05) is 30.3 Å². The number of rotatable bonds is 3. The van der Waals surface area contributed by atoms with Gasteiger partial charge in [0.2, 0.25) is 0 Å². The van der Waals surface area contributed by atoms with Gasteiger partial charge < -0.3 is 5.11 Å². The lowest BCUT2D eigenvalue weighted by Crippen LogP contribution is -2.04. The van der Waals surface area contributed by atoms with Crippen LogP contribution in [-0.2, 0) is 11.9 Å². The topological polar surface area (TPSA) is 20.2 Å². The Morgan fingerprint density at radius 1 is 1.00 bits per heavy atom. The van der Waals surface area contributed by atoms with E-state index in [4.69, 9.17) is 0 Å². The molecule has 0 aliphatic rings. The predicted molar refractivity (Wildman–Crippen MR) is 69.1 cm³/mol. The molecule has 0 aromatic heterocycles. The lowest BCUT2D eigenvalue weighted by Gasteiger charge is -2.09. The second-order valence-electron chi connectivity index (χ2n) is 3.95. The van der Waals surface area contributed by atoms with E-state index in [1.165, 1.54) is 17.8 Å². The van der Waals surface area contributed by atoms with Gasteiger partial charge in [-0.05, 0) is 23.8 Å². The van der Waals surface area contributed by atoms with Gasteiger partial charge in [0.15, 0.2) is 0 Å². The van der Waals surface area contributed by atoms with Crippen molar-refractivity contribution in [3.05, 3.63) is 59.7 Å². The lowest BCUT2D eigenvalue weighted by atomic mass is 10.1. The summed E-state index contributed by atoms with van der Waals surface area (Å²) in [6, 6.07) is 12.0. The van der Waals surface area contributed by atoms with Crippen molar-refractivity contribution >= 4 is 11.8 Å². The van der Waals surface area contributed by atoms with E-state index in [0.29, 0.717) is 16.2 Å². The van der Waals surface area contributed by atoms with Crippen molar-refractivity contribution in [1.29, 1.82) is 0 Å². The minimum absolute atomic E-state index is 0.138. The first-order chi connectivity index (χ1) is 8.97. The van der Waals surface area contributed by atoms with Gasteiger partial charge in [-0.3, -0.25) is 0 Å². The molecule has 0 amide bonds. The van der Waals surface area contributed by atoms with Crippen LogP contribution in [0.3, 0.4) is 0 Å². The molecule has 0 atom stereocenters. The normalized spacial score (nSPS) is 11.5. The molecule has 0 heterocycles. The van der Waals surface area contributed by atoms with Gasteiger partial charge in [0.1, 0.15) is 5.75 Å². The first kappa shape index (κ1) is 13.8. The van der Waals surface area contributed by atoms with Crippen LogP contribution in [0.15, 0.2) is 53.4 Å². The maximum Gasteiger partial charge on any atom is 0.416 e. The minimum atomic E-state index is -4.32.